The Bertz CT molecular complexity index is 1320. The summed E-state index contributed by atoms with van der Waals surface area (Å²) in [5, 5.41) is 0.939. The summed E-state index contributed by atoms with van der Waals surface area (Å²) in [7, 11) is 0. The largest absolute Gasteiger partial charge is 0.380 e. The van der Waals surface area contributed by atoms with Gasteiger partial charge < -0.3 is 9.30 Å². The number of pyridine rings is 1. The molecule has 30 heavy (non-hydrogen) atoms. The van der Waals surface area contributed by atoms with Crippen molar-refractivity contribution in [2.75, 3.05) is 13.2 Å². The molecule has 0 bridgehead atoms. The second-order valence-corrected chi connectivity index (χ2v) is 8.42. The Morgan fingerprint density at radius 2 is 1.97 bits per heavy atom. The smallest absolute Gasteiger partial charge is 0.279 e. The van der Waals surface area contributed by atoms with Crippen LogP contribution in [0.4, 0.5) is 0 Å². The highest BCUT2D eigenvalue weighted by molar-refractivity contribution is 7.16. The normalized spacial score (nSPS) is 12.2. The van der Waals surface area contributed by atoms with Crippen LogP contribution in [0.2, 0.25) is 0 Å². The van der Waals surface area contributed by atoms with Crippen molar-refractivity contribution in [2.24, 2.45) is 4.99 Å². The number of benzene rings is 2. The highest BCUT2D eigenvalue weighted by Crippen LogP contribution is 2.24. The highest BCUT2D eigenvalue weighted by atomic mass is 32.1. The maximum atomic E-state index is 13.0. The summed E-state index contributed by atoms with van der Waals surface area (Å²) in [6, 6.07) is 13.8. The SMILES string of the molecule is CCOCCn1c(=NC(=O)c2ccc3nc(C)ccc3c2)sc2c(C)cc(C)cc21. The molecule has 154 valence electrons. The molecule has 0 fully saturated rings. The predicted octanol–water partition coefficient (Wildman–Crippen LogP) is 4.95. The van der Waals surface area contributed by atoms with Crippen molar-refractivity contribution in [2.45, 2.75) is 34.2 Å². The van der Waals surface area contributed by atoms with E-state index in [9.17, 15) is 4.79 Å². The monoisotopic (exact) mass is 419 g/mol. The average Bonchev–Trinajstić information content (AvgIpc) is 3.05. The Morgan fingerprint density at radius 3 is 2.77 bits per heavy atom. The summed E-state index contributed by atoms with van der Waals surface area (Å²) in [4.78, 5) is 22.7. The molecule has 0 spiro atoms. The number of hydrogen-bond donors (Lipinski definition) is 0. The van der Waals surface area contributed by atoms with Crippen molar-refractivity contribution in [3.8, 4) is 0 Å². The summed E-state index contributed by atoms with van der Waals surface area (Å²) in [5.74, 6) is -0.247. The second-order valence-electron chi connectivity index (χ2n) is 7.44. The number of thiazole rings is 1. The number of hydrogen-bond acceptors (Lipinski definition) is 4. The van der Waals surface area contributed by atoms with Crippen LogP contribution in [0.3, 0.4) is 0 Å². The van der Waals surface area contributed by atoms with E-state index in [1.165, 1.54) is 11.1 Å². The first-order valence-electron chi connectivity index (χ1n) is 10.1. The van der Waals surface area contributed by atoms with Gasteiger partial charge in [0.15, 0.2) is 4.80 Å². The molecule has 2 heterocycles. The zero-order chi connectivity index (χ0) is 21.3. The number of aromatic nitrogens is 2. The lowest BCUT2D eigenvalue weighted by Crippen LogP contribution is -2.19. The van der Waals surface area contributed by atoms with Crippen LogP contribution in [0.25, 0.3) is 21.1 Å². The van der Waals surface area contributed by atoms with Crippen LogP contribution < -0.4 is 4.80 Å². The molecule has 0 atom stereocenters. The molecule has 4 rings (SSSR count). The third-order valence-electron chi connectivity index (χ3n) is 5.05. The first kappa shape index (κ1) is 20.4. The van der Waals surface area contributed by atoms with Crippen LogP contribution in [0.1, 0.15) is 34.1 Å². The standard InChI is InChI=1S/C24H25N3O2S/c1-5-29-11-10-27-21-13-15(2)12-16(3)22(21)30-24(27)26-23(28)19-8-9-20-18(14-19)7-6-17(4)25-20/h6-9,12-14H,5,10-11H2,1-4H3. The Hall–Kier alpha value is -2.83. The fraction of sp³-hybridized carbons (Fsp3) is 0.292. The first-order valence-corrected chi connectivity index (χ1v) is 10.9. The number of aryl methyl sites for hydroxylation is 3. The molecule has 6 heteroatoms. The number of nitrogens with zero attached hydrogens (tertiary/aromatic N) is 3. The quantitative estimate of drug-likeness (QED) is 0.430. The van der Waals surface area contributed by atoms with Crippen molar-refractivity contribution in [3.05, 3.63) is 69.7 Å². The van der Waals surface area contributed by atoms with E-state index in [4.69, 9.17) is 4.74 Å². The second kappa shape index (κ2) is 8.50. The molecular formula is C24H25N3O2S. The molecule has 0 N–H and O–H groups in total. The minimum atomic E-state index is -0.247. The van der Waals surface area contributed by atoms with E-state index >= 15 is 0 Å². The maximum absolute atomic E-state index is 13.0. The summed E-state index contributed by atoms with van der Waals surface area (Å²) in [6.45, 7) is 10.0. The topological polar surface area (TPSA) is 56.5 Å². The van der Waals surface area contributed by atoms with Crippen LogP contribution in [0.15, 0.2) is 47.5 Å². The van der Waals surface area contributed by atoms with Gasteiger partial charge in [0.1, 0.15) is 0 Å². The van der Waals surface area contributed by atoms with E-state index in [0.29, 0.717) is 30.1 Å². The number of rotatable bonds is 5. The van der Waals surface area contributed by atoms with Crippen molar-refractivity contribution in [1.29, 1.82) is 0 Å². The lowest BCUT2D eigenvalue weighted by molar-refractivity contribution is 0.0997. The van der Waals surface area contributed by atoms with Gasteiger partial charge in [-0.2, -0.15) is 4.99 Å². The zero-order valence-electron chi connectivity index (χ0n) is 17.7. The van der Waals surface area contributed by atoms with Crippen molar-refractivity contribution in [3.63, 3.8) is 0 Å². The van der Waals surface area contributed by atoms with E-state index in [2.05, 4.69) is 40.5 Å². The van der Waals surface area contributed by atoms with Crippen LogP contribution in [-0.4, -0.2) is 28.7 Å². The molecule has 0 aliphatic heterocycles. The van der Waals surface area contributed by atoms with Crippen LogP contribution in [0.5, 0.6) is 0 Å². The molecule has 0 unspecified atom stereocenters. The first-order chi connectivity index (χ1) is 14.5. The molecule has 5 nitrogen and oxygen atoms in total. The Balaban J connectivity index is 1.80. The molecule has 0 saturated carbocycles. The van der Waals surface area contributed by atoms with E-state index in [-0.39, 0.29) is 5.91 Å². The Morgan fingerprint density at radius 1 is 1.13 bits per heavy atom. The number of ether oxygens (including phenoxy) is 1. The van der Waals surface area contributed by atoms with Crippen molar-refractivity contribution in [1.82, 2.24) is 9.55 Å². The van der Waals surface area contributed by atoms with E-state index in [1.807, 2.05) is 38.1 Å². The summed E-state index contributed by atoms with van der Waals surface area (Å²) >= 11 is 1.55. The van der Waals surface area contributed by atoms with E-state index < -0.39 is 0 Å². The highest BCUT2D eigenvalue weighted by Gasteiger charge is 2.12. The van der Waals surface area contributed by atoms with E-state index in [1.54, 1.807) is 17.4 Å². The molecule has 0 aliphatic carbocycles. The lowest BCUT2D eigenvalue weighted by atomic mass is 10.1. The van der Waals surface area contributed by atoms with Crippen LogP contribution in [-0.2, 0) is 11.3 Å². The number of fused-ring (bicyclic) bond motifs is 2. The van der Waals surface area contributed by atoms with Gasteiger partial charge in [0.05, 0.1) is 22.3 Å². The Kier molecular flexibility index (Phi) is 5.79. The van der Waals surface area contributed by atoms with Gasteiger partial charge in [0.2, 0.25) is 0 Å². The van der Waals surface area contributed by atoms with Crippen molar-refractivity contribution < 1.29 is 9.53 Å². The Labute approximate surface area is 179 Å². The van der Waals surface area contributed by atoms with E-state index in [0.717, 1.165) is 26.8 Å². The number of amides is 1. The molecule has 2 aromatic carbocycles. The number of carbonyl (C=O) groups is 1. The third kappa shape index (κ3) is 4.06. The maximum Gasteiger partial charge on any atom is 0.279 e. The molecule has 0 radical (unpaired) electrons. The van der Waals surface area contributed by atoms with Gasteiger partial charge in [0, 0.05) is 29.8 Å². The van der Waals surface area contributed by atoms with Crippen LogP contribution in [0, 0.1) is 20.8 Å². The van der Waals surface area contributed by atoms with Crippen LogP contribution >= 0.6 is 11.3 Å². The fourth-order valence-corrected chi connectivity index (χ4v) is 4.73. The van der Waals surface area contributed by atoms with Gasteiger partial charge in [-0.15, -0.1) is 0 Å². The summed E-state index contributed by atoms with van der Waals surface area (Å²) in [5.41, 5.74) is 5.89. The van der Waals surface area contributed by atoms with Crippen molar-refractivity contribution >= 4 is 38.4 Å². The minimum Gasteiger partial charge on any atom is -0.380 e. The molecular weight excluding hydrogens is 394 g/mol. The summed E-state index contributed by atoms with van der Waals surface area (Å²) in [6.07, 6.45) is 0. The van der Waals surface area contributed by atoms with Gasteiger partial charge in [-0.25, -0.2) is 0 Å². The predicted molar refractivity (Wildman–Crippen MR) is 122 cm³/mol. The molecule has 0 saturated heterocycles. The number of carbonyl (C=O) groups excluding carboxylic acids is 1. The van der Waals surface area contributed by atoms with Gasteiger partial charge in [-0.3, -0.25) is 9.78 Å². The molecule has 1 amide bonds. The fourth-order valence-electron chi connectivity index (χ4n) is 3.63. The average molecular weight is 420 g/mol. The summed E-state index contributed by atoms with van der Waals surface area (Å²) < 4.78 is 8.82. The van der Waals surface area contributed by atoms with Gasteiger partial charge >= 0.3 is 0 Å². The molecule has 0 aliphatic rings. The lowest BCUT2D eigenvalue weighted by Gasteiger charge is -2.07. The van der Waals surface area contributed by atoms with Gasteiger partial charge in [-0.05, 0) is 69.2 Å². The van der Waals surface area contributed by atoms with Gasteiger partial charge in [0.25, 0.3) is 5.91 Å². The minimum absolute atomic E-state index is 0.247. The zero-order valence-corrected chi connectivity index (χ0v) is 18.5. The van der Waals surface area contributed by atoms with Gasteiger partial charge in [-0.1, -0.05) is 23.5 Å². The molecule has 4 aromatic rings. The third-order valence-corrected chi connectivity index (χ3v) is 6.28. The molecule has 2 aromatic heterocycles.